The molecule has 1 aromatic carbocycles. The molecule has 21 heavy (non-hydrogen) atoms. The van der Waals surface area contributed by atoms with E-state index in [1.54, 1.807) is 6.07 Å². The molecule has 2 amide bonds. The summed E-state index contributed by atoms with van der Waals surface area (Å²) in [6.07, 6.45) is 1.53. The number of imide groups is 1. The molecule has 1 aromatic rings. The summed E-state index contributed by atoms with van der Waals surface area (Å²) in [5, 5.41) is 9.59. The average Bonchev–Trinajstić information content (AvgIpc) is 2.43. The van der Waals surface area contributed by atoms with Crippen LogP contribution in [0.4, 0.5) is 4.39 Å². The Kier molecular flexibility index (Phi) is 4.28. The molecule has 0 saturated carbocycles. The van der Waals surface area contributed by atoms with Crippen LogP contribution in [0.25, 0.3) is 6.08 Å². The lowest BCUT2D eigenvalue weighted by Crippen LogP contribution is -2.43. The molecule has 1 aliphatic heterocycles. The molecular formula is C15H15FN2O3. The van der Waals surface area contributed by atoms with E-state index >= 15 is 0 Å². The summed E-state index contributed by atoms with van der Waals surface area (Å²) in [6.45, 7) is 3.77. The molecule has 0 radical (unpaired) electrons. The number of carbonyl (C=O) groups excluding carboxylic acids is 2. The van der Waals surface area contributed by atoms with Crippen molar-refractivity contribution < 1.29 is 19.2 Å². The smallest absolute Gasteiger partial charge is 0.278 e. The van der Waals surface area contributed by atoms with Gasteiger partial charge in [0.2, 0.25) is 0 Å². The summed E-state index contributed by atoms with van der Waals surface area (Å²) in [5.74, 6) is -2.18. The third-order valence-electron chi connectivity index (χ3n) is 2.91. The highest BCUT2D eigenvalue weighted by Crippen LogP contribution is 2.19. The summed E-state index contributed by atoms with van der Waals surface area (Å²) < 4.78 is 13.6. The Labute approximate surface area is 121 Å². The van der Waals surface area contributed by atoms with Crippen LogP contribution in [0, 0.1) is 11.7 Å². The van der Waals surface area contributed by atoms with E-state index in [4.69, 9.17) is 0 Å². The Morgan fingerprint density at radius 2 is 1.95 bits per heavy atom. The zero-order chi connectivity index (χ0) is 15.6. The predicted molar refractivity (Wildman–Crippen MR) is 74.9 cm³/mol. The third-order valence-corrected chi connectivity index (χ3v) is 2.91. The first-order chi connectivity index (χ1) is 9.90. The Hall–Kier alpha value is -2.34. The molecule has 2 rings (SSSR count). The molecule has 1 heterocycles. The molecule has 1 N–H and O–H groups in total. The summed E-state index contributed by atoms with van der Waals surface area (Å²) in [6, 6.07) is 5.87. The maximum Gasteiger partial charge on any atom is 0.303 e. The van der Waals surface area contributed by atoms with E-state index in [2.05, 4.69) is 4.99 Å². The number of hydroxylamine groups is 2. The zero-order valence-electron chi connectivity index (χ0n) is 11.7. The second-order valence-electron chi connectivity index (χ2n) is 5.13. The minimum Gasteiger partial charge on any atom is -0.278 e. The molecule has 0 aliphatic carbocycles. The molecule has 1 aliphatic rings. The van der Waals surface area contributed by atoms with Crippen LogP contribution in [-0.4, -0.2) is 27.8 Å². The normalized spacial score (nSPS) is 17.7. The highest BCUT2D eigenvalue weighted by Gasteiger charge is 2.32. The van der Waals surface area contributed by atoms with Gasteiger partial charge >= 0.3 is 5.91 Å². The third kappa shape index (κ3) is 3.22. The first-order valence-electron chi connectivity index (χ1n) is 6.51. The van der Waals surface area contributed by atoms with Gasteiger partial charge in [-0.2, -0.15) is 0 Å². The van der Waals surface area contributed by atoms with Crippen LogP contribution in [0.1, 0.15) is 25.8 Å². The Bertz CT molecular complexity index is 650. The van der Waals surface area contributed by atoms with Gasteiger partial charge in [-0.15, -0.1) is 5.06 Å². The van der Waals surface area contributed by atoms with Crippen molar-refractivity contribution in [3.05, 3.63) is 41.3 Å². The molecule has 110 valence electrons. The molecule has 0 unspecified atom stereocenters. The SMILES string of the molecule is CC(C)CC1=N/C(=C\c2ccccc2F)C(=O)N(O)C1=O. The molecule has 0 saturated heterocycles. The lowest BCUT2D eigenvalue weighted by Gasteiger charge is -2.20. The molecular weight excluding hydrogens is 275 g/mol. The lowest BCUT2D eigenvalue weighted by atomic mass is 10.0. The van der Waals surface area contributed by atoms with E-state index in [1.807, 2.05) is 13.8 Å². The second kappa shape index (κ2) is 5.97. The number of benzene rings is 1. The molecule has 0 atom stereocenters. The van der Waals surface area contributed by atoms with Gasteiger partial charge < -0.3 is 0 Å². The van der Waals surface area contributed by atoms with Gasteiger partial charge in [0.15, 0.2) is 0 Å². The van der Waals surface area contributed by atoms with Crippen LogP contribution in [0.3, 0.4) is 0 Å². The van der Waals surface area contributed by atoms with Crippen molar-refractivity contribution in [1.29, 1.82) is 0 Å². The van der Waals surface area contributed by atoms with Gasteiger partial charge in [0.25, 0.3) is 5.91 Å². The highest BCUT2D eigenvalue weighted by atomic mass is 19.1. The van der Waals surface area contributed by atoms with Crippen molar-refractivity contribution in [3.63, 3.8) is 0 Å². The predicted octanol–water partition coefficient (Wildman–Crippen LogP) is 2.41. The first kappa shape index (κ1) is 15.1. The number of carbonyl (C=O) groups is 2. The molecule has 5 nitrogen and oxygen atoms in total. The van der Waals surface area contributed by atoms with Gasteiger partial charge in [0.1, 0.15) is 17.2 Å². The van der Waals surface area contributed by atoms with Crippen molar-refractivity contribution in [3.8, 4) is 0 Å². The van der Waals surface area contributed by atoms with Crippen LogP contribution in [0.2, 0.25) is 0 Å². The fourth-order valence-electron chi connectivity index (χ4n) is 1.92. The molecule has 0 fully saturated rings. The fourth-order valence-corrected chi connectivity index (χ4v) is 1.92. The van der Waals surface area contributed by atoms with Gasteiger partial charge in [-0.3, -0.25) is 14.8 Å². The quantitative estimate of drug-likeness (QED) is 0.528. The zero-order valence-corrected chi connectivity index (χ0v) is 11.7. The maximum absolute atomic E-state index is 13.6. The standard InChI is InChI=1S/C15H15FN2O3/c1-9(2)7-12-14(19)18(21)15(20)13(17-12)8-10-5-3-4-6-11(10)16/h3-6,8-9,21H,7H2,1-2H3/b13-8-. The number of rotatable bonds is 3. The summed E-state index contributed by atoms with van der Waals surface area (Å²) in [4.78, 5) is 27.6. The van der Waals surface area contributed by atoms with Crippen molar-refractivity contribution in [2.75, 3.05) is 0 Å². The van der Waals surface area contributed by atoms with Gasteiger partial charge in [-0.1, -0.05) is 32.0 Å². The highest BCUT2D eigenvalue weighted by molar-refractivity contribution is 6.43. The number of hydrogen-bond acceptors (Lipinski definition) is 4. The number of aliphatic imine (C=N–C) groups is 1. The number of amides is 2. The Balaban J connectivity index is 2.46. The summed E-state index contributed by atoms with van der Waals surface area (Å²) in [5.41, 5.74) is 0.0729. The van der Waals surface area contributed by atoms with Crippen molar-refractivity contribution in [1.82, 2.24) is 5.06 Å². The van der Waals surface area contributed by atoms with E-state index in [9.17, 15) is 19.2 Å². The van der Waals surface area contributed by atoms with Crippen LogP contribution >= 0.6 is 0 Å². The number of nitrogens with zero attached hydrogens (tertiary/aromatic N) is 2. The van der Waals surface area contributed by atoms with Gasteiger partial charge in [-0.05, 0) is 24.5 Å². The largest absolute Gasteiger partial charge is 0.303 e. The lowest BCUT2D eigenvalue weighted by molar-refractivity contribution is -0.171. The Morgan fingerprint density at radius 3 is 2.57 bits per heavy atom. The summed E-state index contributed by atoms with van der Waals surface area (Å²) in [7, 11) is 0. The molecule has 0 bridgehead atoms. The number of hydrogen-bond donors (Lipinski definition) is 1. The van der Waals surface area contributed by atoms with Crippen molar-refractivity contribution in [2.45, 2.75) is 20.3 Å². The van der Waals surface area contributed by atoms with E-state index in [1.165, 1.54) is 24.3 Å². The Morgan fingerprint density at radius 1 is 1.29 bits per heavy atom. The summed E-state index contributed by atoms with van der Waals surface area (Å²) >= 11 is 0. The second-order valence-corrected chi connectivity index (χ2v) is 5.13. The molecule has 0 aromatic heterocycles. The average molecular weight is 290 g/mol. The van der Waals surface area contributed by atoms with Gasteiger partial charge in [-0.25, -0.2) is 9.38 Å². The van der Waals surface area contributed by atoms with E-state index in [-0.39, 0.29) is 28.0 Å². The van der Waals surface area contributed by atoms with E-state index < -0.39 is 17.6 Å². The van der Waals surface area contributed by atoms with E-state index in [0.29, 0.717) is 6.42 Å². The minimum atomic E-state index is -0.962. The fraction of sp³-hybridized carbons (Fsp3) is 0.267. The maximum atomic E-state index is 13.6. The van der Waals surface area contributed by atoms with Gasteiger partial charge in [0.05, 0.1) is 0 Å². The van der Waals surface area contributed by atoms with Crippen LogP contribution in [0.5, 0.6) is 0 Å². The van der Waals surface area contributed by atoms with Gasteiger partial charge in [0, 0.05) is 5.56 Å². The molecule has 0 spiro atoms. The minimum absolute atomic E-state index is 0.0252. The van der Waals surface area contributed by atoms with Crippen molar-refractivity contribution in [2.24, 2.45) is 10.9 Å². The van der Waals surface area contributed by atoms with Crippen molar-refractivity contribution >= 4 is 23.6 Å². The topological polar surface area (TPSA) is 70.0 Å². The number of halogens is 1. The van der Waals surface area contributed by atoms with Crippen LogP contribution in [-0.2, 0) is 9.59 Å². The van der Waals surface area contributed by atoms with Crippen LogP contribution < -0.4 is 0 Å². The van der Waals surface area contributed by atoms with Crippen LogP contribution in [0.15, 0.2) is 35.0 Å². The first-order valence-corrected chi connectivity index (χ1v) is 6.51. The molecule has 6 heteroatoms. The van der Waals surface area contributed by atoms with E-state index in [0.717, 1.165) is 0 Å². The monoisotopic (exact) mass is 290 g/mol.